The number of nitrogens with one attached hydrogen (secondary N) is 1. The largest absolute Gasteiger partial charge is 0.397 e. The molecule has 0 saturated heterocycles. The molecule has 1 aliphatic carbocycles. The van der Waals surface area contributed by atoms with Crippen LogP contribution in [-0.4, -0.2) is 14.5 Å². The third-order valence-electron chi connectivity index (χ3n) is 3.58. The molecule has 1 aromatic rings. The molecule has 3 N–H and O–H groups in total. The molecule has 0 atom stereocenters. The molecule has 1 saturated carbocycles. The fourth-order valence-corrected chi connectivity index (χ4v) is 4.13. The van der Waals surface area contributed by atoms with Crippen molar-refractivity contribution in [2.45, 2.75) is 44.6 Å². The molecule has 0 aromatic heterocycles. The van der Waals surface area contributed by atoms with Crippen molar-refractivity contribution >= 4 is 15.7 Å². The van der Waals surface area contributed by atoms with E-state index in [9.17, 15) is 8.42 Å². The predicted octanol–water partition coefficient (Wildman–Crippen LogP) is 1.96. The summed E-state index contributed by atoms with van der Waals surface area (Å²) >= 11 is 0. The summed E-state index contributed by atoms with van der Waals surface area (Å²) in [7, 11) is -3.50. The lowest BCUT2D eigenvalue weighted by Gasteiger charge is -2.33. The van der Waals surface area contributed by atoms with Gasteiger partial charge in [0.15, 0.2) is 0 Å². The van der Waals surface area contributed by atoms with Gasteiger partial charge in [-0.2, -0.15) is 0 Å². The van der Waals surface area contributed by atoms with E-state index >= 15 is 0 Å². The molecule has 0 heterocycles. The number of anilines is 1. The van der Waals surface area contributed by atoms with E-state index in [1.54, 1.807) is 13.0 Å². The van der Waals surface area contributed by atoms with E-state index in [2.05, 4.69) is 11.6 Å². The van der Waals surface area contributed by atoms with Crippen LogP contribution < -0.4 is 10.5 Å². The topological polar surface area (TPSA) is 72.2 Å². The minimum absolute atomic E-state index is 0.0595. The minimum atomic E-state index is -3.50. The summed E-state index contributed by atoms with van der Waals surface area (Å²) in [4.78, 5) is 0.238. The highest BCUT2D eigenvalue weighted by molar-refractivity contribution is 7.89. The first kappa shape index (κ1) is 13.4. The van der Waals surface area contributed by atoms with Crippen molar-refractivity contribution in [3.8, 4) is 0 Å². The highest BCUT2D eigenvalue weighted by atomic mass is 32.2. The Morgan fingerprint density at radius 2 is 1.78 bits per heavy atom. The molecular formula is C13H20N2O2S. The Hall–Kier alpha value is -1.07. The minimum Gasteiger partial charge on any atom is -0.397 e. The normalized spacial score (nSPS) is 23.7. The van der Waals surface area contributed by atoms with Gasteiger partial charge in [0.2, 0.25) is 10.0 Å². The smallest absolute Gasteiger partial charge is 0.243 e. The zero-order chi connectivity index (χ0) is 13.5. The standard InChI is InChI=1S/C13H20N2O2S/c1-8-6-11(7-8)15-18(16,17)13-10(3)5-4-9(2)12(13)14/h4-5,8,11,15H,6-7,14H2,1-3H3. The average Bonchev–Trinajstić information content (AvgIpc) is 2.21. The van der Waals surface area contributed by atoms with Gasteiger partial charge in [0.1, 0.15) is 4.90 Å². The summed E-state index contributed by atoms with van der Waals surface area (Å²) < 4.78 is 27.4. The van der Waals surface area contributed by atoms with Crippen molar-refractivity contribution in [2.75, 3.05) is 5.73 Å². The van der Waals surface area contributed by atoms with Gasteiger partial charge < -0.3 is 5.73 Å². The van der Waals surface area contributed by atoms with Gasteiger partial charge in [-0.05, 0) is 43.7 Å². The molecule has 0 aliphatic heterocycles. The fraction of sp³-hybridized carbons (Fsp3) is 0.538. The van der Waals surface area contributed by atoms with Gasteiger partial charge >= 0.3 is 0 Å². The van der Waals surface area contributed by atoms with Crippen molar-refractivity contribution in [1.29, 1.82) is 0 Å². The van der Waals surface area contributed by atoms with E-state index in [0.717, 1.165) is 18.4 Å². The molecule has 0 spiro atoms. The molecule has 0 unspecified atom stereocenters. The number of hydrogen-bond donors (Lipinski definition) is 2. The van der Waals surface area contributed by atoms with Crippen LogP contribution in [0.3, 0.4) is 0 Å². The summed E-state index contributed by atoms with van der Waals surface area (Å²) in [5, 5.41) is 0. The Bertz CT molecular complexity index is 561. The number of benzene rings is 1. The Morgan fingerprint density at radius 1 is 1.22 bits per heavy atom. The number of nitrogen functional groups attached to an aromatic ring is 1. The zero-order valence-corrected chi connectivity index (χ0v) is 11.8. The monoisotopic (exact) mass is 268 g/mol. The van der Waals surface area contributed by atoms with Crippen LogP contribution in [0.5, 0.6) is 0 Å². The quantitative estimate of drug-likeness (QED) is 0.823. The lowest BCUT2D eigenvalue weighted by molar-refractivity contribution is 0.270. The van der Waals surface area contributed by atoms with E-state index in [-0.39, 0.29) is 10.9 Å². The van der Waals surface area contributed by atoms with E-state index in [1.165, 1.54) is 0 Å². The van der Waals surface area contributed by atoms with E-state index in [4.69, 9.17) is 5.73 Å². The first-order chi connectivity index (χ1) is 8.31. The van der Waals surface area contributed by atoms with E-state index < -0.39 is 10.0 Å². The number of aryl methyl sites for hydroxylation is 2. The molecule has 18 heavy (non-hydrogen) atoms. The highest BCUT2D eigenvalue weighted by Crippen LogP contribution is 2.30. The van der Waals surface area contributed by atoms with E-state index in [0.29, 0.717) is 17.2 Å². The maximum absolute atomic E-state index is 12.3. The van der Waals surface area contributed by atoms with Crippen molar-refractivity contribution in [3.63, 3.8) is 0 Å². The SMILES string of the molecule is Cc1ccc(C)c(S(=O)(=O)NC2CC(C)C2)c1N. The van der Waals surface area contributed by atoms with Crippen molar-refractivity contribution in [3.05, 3.63) is 23.3 Å². The van der Waals surface area contributed by atoms with Gasteiger partial charge in [0.25, 0.3) is 0 Å². The molecule has 0 radical (unpaired) electrons. The van der Waals surface area contributed by atoms with Gasteiger partial charge in [-0.25, -0.2) is 13.1 Å². The summed E-state index contributed by atoms with van der Waals surface area (Å²) in [5.41, 5.74) is 7.76. The van der Waals surface area contributed by atoms with Crippen LogP contribution in [0.15, 0.2) is 17.0 Å². The average molecular weight is 268 g/mol. The summed E-state index contributed by atoms with van der Waals surface area (Å²) in [6.45, 7) is 5.71. The van der Waals surface area contributed by atoms with Crippen LogP contribution >= 0.6 is 0 Å². The van der Waals surface area contributed by atoms with Gasteiger partial charge in [-0.3, -0.25) is 0 Å². The summed E-state index contributed by atoms with van der Waals surface area (Å²) in [6, 6.07) is 3.70. The molecular weight excluding hydrogens is 248 g/mol. The maximum Gasteiger partial charge on any atom is 0.243 e. The Morgan fingerprint density at radius 3 is 2.33 bits per heavy atom. The molecule has 0 amide bonds. The maximum atomic E-state index is 12.3. The second-order valence-corrected chi connectivity index (χ2v) is 6.99. The van der Waals surface area contributed by atoms with Gasteiger partial charge in [0.05, 0.1) is 5.69 Å². The van der Waals surface area contributed by atoms with Crippen molar-refractivity contribution in [1.82, 2.24) is 4.72 Å². The third kappa shape index (κ3) is 2.37. The first-order valence-corrected chi connectivity index (χ1v) is 7.67. The van der Waals surface area contributed by atoms with Crippen LogP contribution in [-0.2, 0) is 10.0 Å². The molecule has 1 aliphatic rings. The zero-order valence-electron chi connectivity index (χ0n) is 11.0. The molecule has 2 rings (SSSR count). The van der Waals surface area contributed by atoms with Crippen LogP contribution in [0.25, 0.3) is 0 Å². The van der Waals surface area contributed by atoms with Crippen LogP contribution in [0.4, 0.5) is 5.69 Å². The fourth-order valence-electron chi connectivity index (χ4n) is 2.44. The highest BCUT2D eigenvalue weighted by Gasteiger charge is 2.31. The predicted molar refractivity (Wildman–Crippen MR) is 72.8 cm³/mol. The Labute approximate surface area is 109 Å². The van der Waals surface area contributed by atoms with Gasteiger partial charge in [-0.1, -0.05) is 19.1 Å². The van der Waals surface area contributed by atoms with Gasteiger partial charge in [-0.15, -0.1) is 0 Å². The van der Waals surface area contributed by atoms with Crippen LogP contribution in [0.1, 0.15) is 30.9 Å². The Balaban J connectivity index is 2.32. The molecule has 100 valence electrons. The summed E-state index contributed by atoms with van der Waals surface area (Å²) in [5.74, 6) is 0.605. The van der Waals surface area contributed by atoms with Crippen molar-refractivity contribution < 1.29 is 8.42 Å². The van der Waals surface area contributed by atoms with Gasteiger partial charge in [0, 0.05) is 6.04 Å². The third-order valence-corrected chi connectivity index (χ3v) is 5.30. The van der Waals surface area contributed by atoms with Crippen LogP contribution in [0, 0.1) is 19.8 Å². The number of hydrogen-bond acceptors (Lipinski definition) is 3. The van der Waals surface area contributed by atoms with E-state index in [1.807, 2.05) is 13.0 Å². The van der Waals surface area contributed by atoms with Crippen molar-refractivity contribution in [2.24, 2.45) is 5.92 Å². The summed E-state index contributed by atoms with van der Waals surface area (Å²) in [6.07, 6.45) is 1.81. The van der Waals surface area contributed by atoms with Crippen LogP contribution in [0.2, 0.25) is 0 Å². The lowest BCUT2D eigenvalue weighted by Crippen LogP contribution is -2.43. The molecule has 1 fully saturated rings. The Kier molecular flexibility index (Phi) is 3.38. The molecule has 1 aromatic carbocycles. The molecule has 0 bridgehead atoms. The lowest BCUT2D eigenvalue weighted by atomic mass is 9.83. The number of rotatable bonds is 3. The second-order valence-electron chi connectivity index (χ2n) is 5.34. The molecule has 5 heteroatoms. The first-order valence-electron chi connectivity index (χ1n) is 6.19. The second kappa shape index (κ2) is 4.55. The number of nitrogens with two attached hydrogens (primary N) is 1. The molecule has 4 nitrogen and oxygen atoms in total. The number of sulfonamides is 1.